The molecule has 9 rings (SSSR count). The Hall–Kier alpha value is -5.94. The number of aromatic nitrogens is 1. The quantitative estimate of drug-likeness (QED) is 0.183. The van der Waals surface area contributed by atoms with Crippen LogP contribution in [-0.4, -0.2) is 4.98 Å². The predicted octanol–water partition coefficient (Wildman–Crippen LogP) is 13.6. The zero-order chi connectivity index (χ0) is 35.1. The van der Waals surface area contributed by atoms with Crippen molar-refractivity contribution in [1.29, 1.82) is 0 Å². The second-order valence-electron chi connectivity index (χ2n) is 14.3. The van der Waals surface area contributed by atoms with Crippen LogP contribution in [0.2, 0.25) is 0 Å². The molecule has 8 aromatic rings. The summed E-state index contributed by atoms with van der Waals surface area (Å²) in [6, 6.07) is 43.9. The standard InChI is InChI=1S/C46H32F3NO/c1-45(2,3)39-23-29(22-27-12-4-5-13-30(27)39)41-25-38(40(26-50-41)46(47,48)49)28-20-21-37-42(24-28)51-44-36-19-11-9-17-34(36)32-15-7-6-14-31(32)33-16-8-10-18-35(33)43(37)44/h4-26H,1-3H3. The average molecular weight is 672 g/mol. The fourth-order valence-corrected chi connectivity index (χ4v) is 7.68. The SMILES string of the molecule is CC(C)(C)c1cc(-c2cc(-c3ccc4c5c(oc4c3)-c3ccccc3-c3ccccc3-c3ccccc3-5)c(C(F)(F)F)cn2)cc2ccccc12. The highest BCUT2D eigenvalue weighted by Gasteiger charge is 2.35. The summed E-state index contributed by atoms with van der Waals surface area (Å²) in [5, 5.41) is 2.97. The van der Waals surface area contributed by atoms with Gasteiger partial charge in [-0.05, 0) is 91.0 Å². The van der Waals surface area contributed by atoms with Crippen molar-refractivity contribution in [2.75, 3.05) is 0 Å². The highest BCUT2D eigenvalue weighted by molar-refractivity contribution is 6.10. The number of halogens is 3. The predicted molar refractivity (Wildman–Crippen MR) is 201 cm³/mol. The fraction of sp³-hybridized carbons (Fsp3) is 0.109. The van der Waals surface area contributed by atoms with Crippen molar-refractivity contribution in [3.8, 4) is 67.1 Å². The number of rotatable bonds is 2. The molecular weight excluding hydrogens is 640 g/mol. The maximum absolute atomic E-state index is 14.7. The zero-order valence-corrected chi connectivity index (χ0v) is 28.3. The van der Waals surface area contributed by atoms with E-state index in [2.05, 4.69) is 74.3 Å². The van der Waals surface area contributed by atoms with E-state index in [4.69, 9.17) is 4.42 Å². The number of alkyl halides is 3. The lowest BCUT2D eigenvalue weighted by molar-refractivity contribution is -0.137. The van der Waals surface area contributed by atoms with Crippen LogP contribution < -0.4 is 0 Å². The molecular formula is C46H32F3NO. The third-order valence-electron chi connectivity index (χ3n) is 10.1. The molecule has 51 heavy (non-hydrogen) atoms. The monoisotopic (exact) mass is 671 g/mol. The number of benzene rings is 6. The molecule has 1 aliphatic carbocycles. The number of pyridine rings is 1. The molecule has 0 fully saturated rings. The molecule has 0 bridgehead atoms. The summed E-state index contributed by atoms with van der Waals surface area (Å²) in [6.45, 7) is 6.42. The van der Waals surface area contributed by atoms with Gasteiger partial charge in [0, 0.05) is 28.3 Å². The second-order valence-corrected chi connectivity index (χ2v) is 14.3. The molecule has 0 amide bonds. The summed E-state index contributed by atoms with van der Waals surface area (Å²) in [5.74, 6) is 0.692. The Labute approximate surface area is 293 Å². The molecule has 5 heteroatoms. The molecule has 1 aliphatic rings. The molecule has 2 heterocycles. The summed E-state index contributed by atoms with van der Waals surface area (Å²) >= 11 is 0. The number of hydrogen-bond acceptors (Lipinski definition) is 2. The van der Waals surface area contributed by atoms with Gasteiger partial charge in [-0.2, -0.15) is 13.2 Å². The van der Waals surface area contributed by atoms with Crippen LogP contribution in [0.3, 0.4) is 0 Å². The molecule has 0 radical (unpaired) electrons. The van der Waals surface area contributed by atoms with Gasteiger partial charge in [0.15, 0.2) is 0 Å². The van der Waals surface area contributed by atoms with Gasteiger partial charge in [0.2, 0.25) is 0 Å². The highest BCUT2D eigenvalue weighted by Crippen LogP contribution is 2.51. The Balaban J connectivity index is 1.27. The number of nitrogens with zero attached hydrogens (tertiary/aromatic N) is 1. The lowest BCUT2D eigenvalue weighted by atomic mass is 9.82. The first kappa shape index (κ1) is 31.1. The van der Waals surface area contributed by atoms with E-state index >= 15 is 0 Å². The topological polar surface area (TPSA) is 26.0 Å². The van der Waals surface area contributed by atoms with E-state index in [0.29, 0.717) is 22.6 Å². The molecule has 2 aromatic heterocycles. The van der Waals surface area contributed by atoms with E-state index in [1.54, 1.807) is 18.2 Å². The van der Waals surface area contributed by atoms with Crippen molar-refractivity contribution in [3.05, 3.63) is 151 Å². The lowest BCUT2D eigenvalue weighted by Gasteiger charge is -2.23. The minimum atomic E-state index is -4.61. The molecule has 0 atom stereocenters. The molecule has 0 N–H and O–H groups in total. The van der Waals surface area contributed by atoms with E-state index < -0.39 is 11.7 Å². The molecule has 0 saturated heterocycles. The summed E-state index contributed by atoms with van der Waals surface area (Å²) in [6.07, 6.45) is -3.65. The smallest absolute Gasteiger partial charge is 0.418 e. The first-order valence-corrected chi connectivity index (χ1v) is 17.0. The van der Waals surface area contributed by atoms with Crippen molar-refractivity contribution < 1.29 is 17.6 Å². The van der Waals surface area contributed by atoms with Crippen LogP contribution in [0.1, 0.15) is 31.9 Å². The Morgan fingerprint density at radius 3 is 1.76 bits per heavy atom. The second kappa shape index (κ2) is 11.3. The van der Waals surface area contributed by atoms with Gasteiger partial charge in [-0.3, -0.25) is 4.98 Å². The zero-order valence-electron chi connectivity index (χ0n) is 28.3. The summed E-state index contributed by atoms with van der Waals surface area (Å²) in [4.78, 5) is 4.39. The number of fused-ring (bicyclic) bond motifs is 11. The van der Waals surface area contributed by atoms with Crippen LogP contribution in [0, 0.1) is 0 Å². The van der Waals surface area contributed by atoms with Crippen LogP contribution in [0.25, 0.3) is 88.8 Å². The van der Waals surface area contributed by atoms with Gasteiger partial charge in [0.25, 0.3) is 0 Å². The first-order chi connectivity index (χ1) is 24.6. The third kappa shape index (κ3) is 5.06. The fourth-order valence-electron chi connectivity index (χ4n) is 7.68. The van der Waals surface area contributed by atoms with Gasteiger partial charge in [-0.1, -0.05) is 124 Å². The Morgan fingerprint density at radius 1 is 0.510 bits per heavy atom. The average Bonchev–Trinajstić information content (AvgIpc) is 3.51. The van der Waals surface area contributed by atoms with Crippen LogP contribution in [0.5, 0.6) is 0 Å². The Kier molecular flexibility index (Phi) is 6.88. The van der Waals surface area contributed by atoms with E-state index in [9.17, 15) is 13.2 Å². The largest absolute Gasteiger partial charge is 0.455 e. The molecule has 2 nitrogen and oxygen atoms in total. The summed E-state index contributed by atoms with van der Waals surface area (Å²) in [7, 11) is 0. The minimum Gasteiger partial charge on any atom is -0.455 e. The van der Waals surface area contributed by atoms with Gasteiger partial charge in [-0.25, -0.2) is 0 Å². The first-order valence-electron chi connectivity index (χ1n) is 17.0. The van der Waals surface area contributed by atoms with E-state index in [-0.39, 0.29) is 11.0 Å². The van der Waals surface area contributed by atoms with Crippen molar-refractivity contribution in [2.45, 2.75) is 32.4 Å². The minimum absolute atomic E-state index is 0.0527. The number of hydrogen-bond donors (Lipinski definition) is 0. The maximum Gasteiger partial charge on any atom is 0.418 e. The van der Waals surface area contributed by atoms with Gasteiger partial charge >= 0.3 is 6.18 Å². The summed E-state index contributed by atoms with van der Waals surface area (Å²) < 4.78 is 50.8. The van der Waals surface area contributed by atoms with Crippen molar-refractivity contribution >= 4 is 21.7 Å². The summed E-state index contributed by atoms with van der Waals surface area (Å²) in [5.41, 5.74) is 9.50. The van der Waals surface area contributed by atoms with Crippen LogP contribution in [0.4, 0.5) is 13.2 Å². The van der Waals surface area contributed by atoms with Crippen molar-refractivity contribution in [3.63, 3.8) is 0 Å². The molecule has 0 spiro atoms. The molecule has 0 saturated carbocycles. The van der Waals surface area contributed by atoms with E-state index in [1.165, 1.54) is 0 Å². The highest BCUT2D eigenvalue weighted by atomic mass is 19.4. The molecule has 0 aliphatic heterocycles. The Morgan fingerprint density at radius 2 is 1.10 bits per heavy atom. The third-order valence-corrected chi connectivity index (χ3v) is 10.1. The molecule has 0 unspecified atom stereocenters. The van der Waals surface area contributed by atoms with Crippen LogP contribution >= 0.6 is 0 Å². The normalized spacial score (nSPS) is 12.5. The number of furan rings is 1. The maximum atomic E-state index is 14.7. The van der Waals surface area contributed by atoms with Crippen LogP contribution in [0.15, 0.2) is 144 Å². The van der Waals surface area contributed by atoms with Gasteiger partial charge in [-0.15, -0.1) is 0 Å². The lowest BCUT2D eigenvalue weighted by Crippen LogP contribution is -2.12. The van der Waals surface area contributed by atoms with Gasteiger partial charge in [0.05, 0.1) is 11.3 Å². The van der Waals surface area contributed by atoms with Crippen molar-refractivity contribution in [1.82, 2.24) is 4.98 Å². The van der Waals surface area contributed by atoms with Gasteiger partial charge < -0.3 is 4.42 Å². The van der Waals surface area contributed by atoms with Crippen molar-refractivity contribution in [2.24, 2.45) is 0 Å². The van der Waals surface area contributed by atoms with E-state index in [1.807, 2.05) is 66.7 Å². The van der Waals surface area contributed by atoms with Crippen LogP contribution in [-0.2, 0) is 11.6 Å². The van der Waals surface area contributed by atoms with E-state index in [0.717, 1.165) is 72.4 Å². The molecule has 248 valence electrons. The Bertz CT molecular complexity index is 2670. The van der Waals surface area contributed by atoms with Gasteiger partial charge in [0.1, 0.15) is 11.3 Å². The molecule has 6 aromatic carbocycles.